The van der Waals surface area contributed by atoms with Crippen LogP contribution in [-0.2, 0) is 10.8 Å². The second-order valence-corrected chi connectivity index (χ2v) is 21.2. The number of fused-ring (bicyclic) bond motifs is 4. The third-order valence-corrected chi connectivity index (χ3v) is 14.7. The Bertz CT molecular complexity index is 3340. The summed E-state index contributed by atoms with van der Waals surface area (Å²) in [4.78, 5) is 10.1. The Balaban J connectivity index is 1.20. The number of nitrogens with zero attached hydrogens (tertiary/aromatic N) is 3. The molecule has 0 N–H and O–H groups in total. The molecule has 0 atom stereocenters. The van der Waals surface area contributed by atoms with E-state index in [0.29, 0.717) is 0 Å². The van der Waals surface area contributed by atoms with E-state index in [1.54, 1.807) is 0 Å². The molecule has 0 spiro atoms. The Morgan fingerprint density at radius 2 is 0.690 bits per heavy atom. The van der Waals surface area contributed by atoms with Crippen LogP contribution in [0.4, 0.5) is 34.1 Å². The molecule has 2 aliphatic rings. The molecule has 342 valence electrons. The summed E-state index contributed by atoms with van der Waals surface area (Å²) < 4.78 is 0. The van der Waals surface area contributed by atoms with E-state index in [9.17, 15) is 0 Å². The van der Waals surface area contributed by atoms with Crippen molar-refractivity contribution in [3.63, 3.8) is 0 Å². The SMILES string of the molecule is CC(C)(C)c1ccc2c(c1)B1c3cc(C(C)(C)C)ccc3N(c3ccc(-c4ccccc4)cc3)c3cc(-c4c(-c5ccccc5)cncc4-c4ccccc4)cc(c31)N2c1ccc(-c2ccccc2)cc1. The molecule has 3 nitrogen and oxygen atoms in total. The summed E-state index contributed by atoms with van der Waals surface area (Å²) in [7, 11) is 0. The van der Waals surface area contributed by atoms with Crippen molar-refractivity contribution in [1.82, 2.24) is 4.98 Å². The maximum Gasteiger partial charge on any atom is 0.252 e. The minimum atomic E-state index is -0.0650. The zero-order chi connectivity index (χ0) is 48.4. The Morgan fingerprint density at radius 3 is 1.06 bits per heavy atom. The highest BCUT2D eigenvalue weighted by Gasteiger charge is 2.45. The van der Waals surface area contributed by atoms with Crippen molar-refractivity contribution in [2.24, 2.45) is 0 Å². The van der Waals surface area contributed by atoms with Crippen molar-refractivity contribution in [3.8, 4) is 55.6 Å². The fraction of sp³-hybridized carbons (Fsp3) is 0.119. The maximum atomic E-state index is 4.96. The van der Waals surface area contributed by atoms with Gasteiger partial charge in [0.15, 0.2) is 0 Å². The number of hydrogen-bond acceptors (Lipinski definition) is 3. The van der Waals surface area contributed by atoms with Gasteiger partial charge in [-0.1, -0.05) is 211 Å². The minimum absolute atomic E-state index is 0.0528. The number of aromatic nitrogens is 1. The lowest BCUT2D eigenvalue weighted by Gasteiger charge is -2.45. The van der Waals surface area contributed by atoms with E-state index in [1.807, 2.05) is 0 Å². The second-order valence-electron chi connectivity index (χ2n) is 21.2. The third kappa shape index (κ3) is 7.85. The van der Waals surface area contributed by atoms with Crippen LogP contribution < -0.4 is 26.2 Å². The summed E-state index contributed by atoms with van der Waals surface area (Å²) in [5.41, 5.74) is 24.9. The standard InChI is InChI=1S/C67H56BN3/c1-66(2,3)52-31-37-60-58(41-52)68-59-42-53(67(4,5)6)32-38-61(59)71(55-35-29-48(30-36-55)46-21-13-8-14-22-46)63-40-51(39-62(65(63)68)70(60)54-33-27-47(28-34-54)45-19-11-7-12-20-45)64-56(49-23-15-9-16-24-49)43-69-44-57(64)50-25-17-10-18-26-50/h7-44H,1-6H3. The third-order valence-electron chi connectivity index (χ3n) is 14.7. The molecule has 71 heavy (non-hydrogen) atoms. The largest absolute Gasteiger partial charge is 0.311 e. The van der Waals surface area contributed by atoms with E-state index in [1.165, 1.54) is 72.5 Å². The topological polar surface area (TPSA) is 19.4 Å². The molecule has 0 radical (unpaired) electrons. The van der Waals surface area contributed by atoms with Gasteiger partial charge in [0.1, 0.15) is 0 Å². The van der Waals surface area contributed by atoms with Gasteiger partial charge in [0.25, 0.3) is 6.71 Å². The molecule has 9 aromatic carbocycles. The fourth-order valence-electron chi connectivity index (χ4n) is 11.0. The van der Waals surface area contributed by atoms with Gasteiger partial charge in [0.2, 0.25) is 0 Å². The Hall–Kier alpha value is -8.21. The number of hydrogen-bond donors (Lipinski definition) is 0. The molecule has 0 saturated heterocycles. The first-order valence-electron chi connectivity index (χ1n) is 25.0. The first-order chi connectivity index (χ1) is 34.5. The first kappa shape index (κ1) is 44.0. The normalized spacial score (nSPS) is 12.8. The molecule has 0 amide bonds. The molecule has 4 heteroatoms. The summed E-state index contributed by atoms with van der Waals surface area (Å²) >= 11 is 0. The van der Waals surface area contributed by atoms with Crippen molar-refractivity contribution in [1.29, 1.82) is 0 Å². The highest BCUT2D eigenvalue weighted by Crippen LogP contribution is 2.49. The van der Waals surface area contributed by atoms with Gasteiger partial charge in [0, 0.05) is 63.2 Å². The van der Waals surface area contributed by atoms with Gasteiger partial charge in [-0.15, -0.1) is 0 Å². The van der Waals surface area contributed by atoms with Crippen LogP contribution in [0, 0.1) is 0 Å². The fourth-order valence-corrected chi connectivity index (χ4v) is 11.0. The summed E-state index contributed by atoms with van der Waals surface area (Å²) in [5, 5.41) is 0. The van der Waals surface area contributed by atoms with Crippen LogP contribution in [0.2, 0.25) is 0 Å². The van der Waals surface area contributed by atoms with E-state index in [-0.39, 0.29) is 17.5 Å². The molecule has 0 fully saturated rings. The van der Waals surface area contributed by atoms with Gasteiger partial charge in [-0.3, -0.25) is 4.98 Å². The molecule has 0 bridgehead atoms. The van der Waals surface area contributed by atoms with Crippen LogP contribution >= 0.6 is 0 Å². The average molecular weight is 914 g/mol. The van der Waals surface area contributed by atoms with Crippen molar-refractivity contribution in [3.05, 3.63) is 242 Å². The molecule has 0 aliphatic carbocycles. The Labute approximate surface area is 419 Å². The van der Waals surface area contributed by atoms with Gasteiger partial charge in [0.05, 0.1) is 0 Å². The lowest BCUT2D eigenvalue weighted by atomic mass is 9.33. The number of anilines is 6. The van der Waals surface area contributed by atoms with Crippen LogP contribution in [0.3, 0.4) is 0 Å². The predicted molar refractivity (Wildman–Crippen MR) is 303 cm³/mol. The lowest BCUT2D eigenvalue weighted by molar-refractivity contribution is 0.590. The number of pyridine rings is 1. The summed E-state index contributed by atoms with van der Waals surface area (Å²) in [6.45, 7) is 13.9. The van der Waals surface area contributed by atoms with Crippen LogP contribution in [-0.4, -0.2) is 11.7 Å². The van der Waals surface area contributed by atoms with E-state index in [2.05, 4.69) is 282 Å². The van der Waals surface area contributed by atoms with E-state index < -0.39 is 0 Å². The zero-order valence-electron chi connectivity index (χ0n) is 41.4. The quantitative estimate of drug-likeness (QED) is 0.149. The maximum absolute atomic E-state index is 4.96. The molecule has 0 saturated carbocycles. The minimum Gasteiger partial charge on any atom is -0.311 e. The first-order valence-corrected chi connectivity index (χ1v) is 25.0. The van der Waals surface area contributed by atoms with E-state index >= 15 is 0 Å². The van der Waals surface area contributed by atoms with Gasteiger partial charge < -0.3 is 9.80 Å². The zero-order valence-corrected chi connectivity index (χ0v) is 41.4. The van der Waals surface area contributed by atoms with Crippen molar-refractivity contribution >= 4 is 57.2 Å². The Kier molecular flexibility index (Phi) is 10.7. The second kappa shape index (κ2) is 17.3. The molecule has 1 aromatic heterocycles. The summed E-state index contributed by atoms with van der Waals surface area (Å²) in [5.74, 6) is 0. The molecule has 3 heterocycles. The molecular weight excluding hydrogens is 858 g/mol. The molecule has 12 rings (SSSR count). The van der Waals surface area contributed by atoms with Gasteiger partial charge >= 0.3 is 0 Å². The molecule has 2 aliphatic heterocycles. The van der Waals surface area contributed by atoms with Crippen LogP contribution in [0.5, 0.6) is 0 Å². The van der Waals surface area contributed by atoms with Gasteiger partial charge in [-0.05, 0) is 126 Å². The van der Waals surface area contributed by atoms with E-state index in [4.69, 9.17) is 4.98 Å². The van der Waals surface area contributed by atoms with E-state index in [0.717, 1.165) is 44.8 Å². The monoisotopic (exact) mass is 913 g/mol. The highest BCUT2D eigenvalue weighted by molar-refractivity contribution is 7.00. The van der Waals surface area contributed by atoms with Gasteiger partial charge in [-0.25, -0.2) is 0 Å². The van der Waals surface area contributed by atoms with Crippen molar-refractivity contribution in [2.45, 2.75) is 52.4 Å². The number of rotatable bonds is 7. The predicted octanol–water partition coefficient (Wildman–Crippen LogP) is 16.1. The smallest absolute Gasteiger partial charge is 0.252 e. The van der Waals surface area contributed by atoms with Crippen LogP contribution in [0.15, 0.2) is 231 Å². The molecule has 10 aromatic rings. The highest BCUT2D eigenvalue weighted by atomic mass is 15.2. The molecule has 0 unspecified atom stereocenters. The average Bonchev–Trinajstić information content (AvgIpc) is 3.41. The van der Waals surface area contributed by atoms with Crippen molar-refractivity contribution in [2.75, 3.05) is 9.80 Å². The summed E-state index contributed by atoms with van der Waals surface area (Å²) in [6.07, 6.45) is 4.11. The summed E-state index contributed by atoms with van der Waals surface area (Å²) in [6, 6.07) is 80.9. The number of benzene rings is 9. The van der Waals surface area contributed by atoms with Gasteiger partial charge in [-0.2, -0.15) is 0 Å². The van der Waals surface area contributed by atoms with Crippen LogP contribution in [0.25, 0.3) is 55.6 Å². The van der Waals surface area contributed by atoms with Crippen molar-refractivity contribution < 1.29 is 0 Å². The molecular formula is C67H56BN3. The Morgan fingerprint density at radius 1 is 0.338 bits per heavy atom. The lowest BCUT2D eigenvalue weighted by Crippen LogP contribution is -2.61. The van der Waals surface area contributed by atoms with Crippen LogP contribution in [0.1, 0.15) is 52.7 Å².